The van der Waals surface area contributed by atoms with Crippen molar-refractivity contribution in [3.63, 3.8) is 0 Å². The minimum atomic E-state index is -0.151. The van der Waals surface area contributed by atoms with Gasteiger partial charge in [-0.2, -0.15) is 0 Å². The molecule has 0 aliphatic carbocycles. The van der Waals surface area contributed by atoms with E-state index >= 15 is 0 Å². The molecule has 0 spiro atoms. The number of carbonyl (C=O) groups is 1. The van der Waals surface area contributed by atoms with Gasteiger partial charge in [0.15, 0.2) is 11.5 Å². The molecule has 2 N–H and O–H groups in total. The van der Waals surface area contributed by atoms with Crippen LogP contribution in [0.2, 0.25) is 10.0 Å². The van der Waals surface area contributed by atoms with E-state index in [2.05, 4.69) is 10.6 Å². The van der Waals surface area contributed by atoms with Crippen LogP contribution < -0.4 is 20.1 Å². The van der Waals surface area contributed by atoms with Crippen molar-refractivity contribution in [1.82, 2.24) is 0 Å². The van der Waals surface area contributed by atoms with Crippen molar-refractivity contribution in [2.45, 2.75) is 6.42 Å². The summed E-state index contributed by atoms with van der Waals surface area (Å²) in [5.74, 6) is 1.27. The summed E-state index contributed by atoms with van der Waals surface area (Å²) in [7, 11) is 0. The van der Waals surface area contributed by atoms with Crippen LogP contribution in [0.5, 0.6) is 11.5 Å². The zero-order valence-corrected chi connectivity index (χ0v) is 13.6. The molecule has 0 saturated heterocycles. The Labute approximate surface area is 143 Å². The Kier molecular flexibility index (Phi) is 4.79. The fourth-order valence-electron chi connectivity index (χ4n) is 2.14. The number of rotatable bonds is 5. The Morgan fingerprint density at radius 2 is 1.96 bits per heavy atom. The number of fused-ring (bicyclic) bond motifs is 1. The maximum atomic E-state index is 12.0. The molecule has 3 rings (SSSR count). The van der Waals surface area contributed by atoms with E-state index in [-0.39, 0.29) is 19.1 Å². The second kappa shape index (κ2) is 6.98. The van der Waals surface area contributed by atoms with Gasteiger partial charge < -0.3 is 20.1 Å². The number of carbonyl (C=O) groups excluding carboxylic acids is 1. The molecule has 5 nitrogen and oxygen atoms in total. The summed E-state index contributed by atoms with van der Waals surface area (Å²) in [5, 5.41) is 6.65. The van der Waals surface area contributed by atoms with Crippen LogP contribution in [0, 0.1) is 0 Å². The van der Waals surface area contributed by atoms with E-state index in [1.165, 1.54) is 0 Å². The standard InChI is InChI=1S/C16H14Cl2N2O3/c17-11-2-1-3-12(16(11)18)20-15(21)6-7-19-10-4-5-13-14(8-10)23-9-22-13/h1-5,8,19H,6-7,9H2,(H,20,21). The van der Waals surface area contributed by atoms with Crippen LogP contribution in [0.1, 0.15) is 6.42 Å². The molecule has 2 aromatic carbocycles. The summed E-state index contributed by atoms with van der Waals surface area (Å²) < 4.78 is 10.5. The van der Waals surface area contributed by atoms with Crippen LogP contribution >= 0.6 is 23.2 Å². The van der Waals surface area contributed by atoms with E-state index < -0.39 is 0 Å². The first-order chi connectivity index (χ1) is 11.1. The third kappa shape index (κ3) is 3.81. The molecule has 0 aromatic heterocycles. The Hall–Kier alpha value is -2.11. The molecule has 0 radical (unpaired) electrons. The highest BCUT2D eigenvalue weighted by Gasteiger charge is 2.13. The lowest BCUT2D eigenvalue weighted by Gasteiger charge is -2.09. The van der Waals surface area contributed by atoms with Crippen molar-refractivity contribution >= 4 is 40.5 Å². The van der Waals surface area contributed by atoms with Crippen LogP contribution in [0.4, 0.5) is 11.4 Å². The van der Waals surface area contributed by atoms with E-state index in [4.69, 9.17) is 32.7 Å². The number of anilines is 2. The maximum Gasteiger partial charge on any atom is 0.231 e. The topological polar surface area (TPSA) is 59.6 Å². The molecule has 0 fully saturated rings. The zero-order valence-electron chi connectivity index (χ0n) is 12.1. The van der Waals surface area contributed by atoms with Gasteiger partial charge in [0.05, 0.1) is 15.7 Å². The van der Waals surface area contributed by atoms with Crippen molar-refractivity contribution in [3.05, 3.63) is 46.4 Å². The summed E-state index contributed by atoms with van der Waals surface area (Å²) >= 11 is 11.9. The SMILES string of the molecule is O=C(CCNc1ccc2c(c1)OCO2)Nc1cccc(Cl)c1Cl. The van der Waals surface area contributed by atoms with Gasteiger partial charge in [-0.3, -0.25) is 4.79 Å². The van der Waals surface area contributed by atoms with E-state index in [9.17, 15) is 4.79 Å². The molecule has 0 atom stereocenters. The van der Waals surface area contributed by atoms with Gasteiger partial charge in [0, 0.05) is 24.7 Å². The lowest BCUT2D eigenvalue weighted by molar-refractivity contribution is -0.115. The van der Waals surface area contributed by atoms with Crippen molar-refractivity contribution in [3.8, 4) is 11.5 Å². The molecular weight excluding hydrogens is 339 g/mol. The molecule has 1 aliphatic heterocycles. The Bertz CT molecular complexity index is 737. The summed E-state index contributed by atoms with van der Waals surface area (Å²) in [6, 6.07) is 10.6. The Morgan fingerprint density at radius 1 is 1.13 bits per heavy atom. The number of halogens is 2. The van der Waals surface area contributed by atoms with Crippen LogP contribution in [0.25, 0.3) is 0 Å². The lowest BCUT2D eigenvalue weighted by atomic mass is 10.2. The van der Waals surface area contributed by atoms with Gasteiger partial charge in [0.25, 0.3) is 0 Å². The largest absolute Gasteiger partial charge is 0.454 e. The summed E-state index contributed by atoms with van der Waals surface area (Å²) in [6.07, 6.45) is 0.289. The molecule has 1 amide bonds. The quantitative estimate of drug-likeness (QED) is 0.847. The molecule has 1 heterocycles. The van der Waals surface area contributed by atoms with Gasteiger partial charge in [-0.1, -0.05) is 29.3 Å². The third-order valence-corrected chi connectivity index (χ3v) is 4.10. The smallest absolute Gasteiger partial charge is 0.231 e. The predicted octanol–water partition coefficient (Wildman–Crippen LogP) is 4.16. The van der Waals surface area contributed by atoms with Crippen molar-refractivity contribution in [1.29, 1.82) is 0 Å². The van der Waals surface area contributed by atoms with Crippen molar-refractivity contribution in [2.24, 2.45) is 0 Å². The van der Waals surface area contributed by atoms with Gasteiger partial charge in [-0.05, 0) is 24.3 Å². The van der Waals surface area contributed by atoms with Gasteiger partial charge >= 0.3 is 0 Å². The second-order valence-corrected chi connectivity index (χ2v) is 5.68. The highest BCUT2D eigenvalue weighted by Crippen LogP contribution is 2.34. The van der Waals surface area contributed by atoms with E-state index in [1.54, 1.807) is 18.2 Å². The molecule has 23 heavy (non-hydrogen) atoms. The maximum absolute atomic E-state index is 12.0. The molecule has 1 aliphatic rings. The van der Waals surface area contributed by atoms with Crippen LogP contribution in [-0.4, -0.2) is 19.2 Å². The number of nitrogens with one attached hydrogen (secondary N) is 2. The fourth-order valence-corrected chi connectivity index (χ4v) is 2.49. The van der Waals surface area contributed by atoms with Gasteiger partial charge in [-0.15, -0.1) is 0 Å². The van der Waals surface area contributed by atoms with Gasteiger partial charge in [0.1, 0.15) is 0 Å². The van der Waals surface area contributed by atoms with Crippen LogP contribution in [0.3, 0.4) is 0 Å². The highest BCUT2D eigenvalue weighted by atomic mass is 35.5. The highest BCUT2D eigenvalue weighted by molar-refractivity contribution is 6.43. The molecule has 120 valence electrons. The molecule has 0 unspecified atom stereocenters. The second-order valence-electron chi connectivity index (χ2n) is 4.89. The molecule has 0 saturated carbocycles. The van der Waals surface area contributed by atoms with E-state index in [0.29, 0.717) is 28.0 Å². The molecule has 0 bridgehead atoms. The van der Waals surface area contributed by atoms with Crippen LogP contribution in [0.15, 0.2) is 36.4 Å². The molecule has 2 aromatic rings. The van der Waals surface area contributed by atoms with E-state index in [1.807, 2.05) is 18.2 Å². The predicted molar refractivity (Wildman–Crippen MR) is 90.8 cm³/mol. The first-order valence-corrected chi connectivity index (χ1v) is 7.76. The first kappa shape index (κ1) is 15.8. The summed E-state index contributed by atoms with van der Waals surface area (Å²) in [5.41, 5.74) is 1.37. The van der Waals surface area contributed by atoms with Crippen molar-refractivity contribution < 1.29 is 14.3 Å². The number of hydrogen-bond donors (Lipinski definition) is 2. The first-order valence-electron chi connectivity index (χ1n) is 7.01. The van der Waals surface area contributed by atoms with Gasteiger partial charge in [0.2, 0.25) is 12.7 Å². The zero-order chi connectivity index (χ0) is 16.2. The summed E-state index contributed by atoms with van der Waals surface area (Å²) in [6.45, 7) is 0.714. The number of ether oxygens (including phenoxy) is 2. The average Bonchev–Trinajstić information content (AvgIpc) is 2.99. The van der Waals surface area contributed by atoms with Crippen molar-refractivity contribution in [2.75, 3.05) is 24.0 Å². The normalized spacial score (nSPS) is 12.1. The number of amides is 1. The Balaban J connectivity index is 1.50. The number of benzene rings is 2. The fraction of sp³-hybridized carbons (Fsp3) is 0.188. The Morgan fingerprint density at radius 3 is 2.83 bits per heavy atom. The minimum Gasteiger partial charge on any atom is -0.454 e. The third-order valence-electron chi connectivity index (χ3n) is 3.28. The molecular formula is C16H14Cl2N2O3. The van der Waals surface area contributed by atoms with E-state index in [0.717, 1.165) is 11.4 Å². The van der Waals surface area contributed by atoms with Gasteiger partial charge in [-0.25, -0.2) is 0 Å². The van der Waals surface area contributed by atoms with Crippen LogP contribution in [-0.2, 0) is 4.79 Å². The lowest BCUT2D eigenvalue weighted by Crippen LogP contribution is -2.16. The monoisotopic (exact) mass is 352 g/mol. The minimum absolute atomic E-state index is 0.151. The average molecular weight is 353 g/mol. The number of hydrogen-bond acceptors (Lipinski definition) is 4. The summed E-state index contributed by atoms with van der Waals surface area (Å²) in [4.78, 5) is 12.0. The molecule has 7 heteroatoms.